The summed E-state index contributed by atoms with van der Waals surface area (Å²) < 4.78 is 2.13. The van der Waals surface area contributed by atoms with Crippen molar-refractivity contribution in [3.63, 3.8) is 0 Å². The Morgan fingerprint density at radius 1 is 1.42 bits per heavy atom. The molecular formula is C14H20ClN3S. The molecule has 19 heavy (non-hydrogen) atoms. The van der Waals surface area contributed by atoms with Gasteiger partial charge < -0.3 is 4.90 Å². The molecule has 1 saturated heterocycles. The van der Waals surface area contributed by atoms with E-state index in [-0.39, 0.29) is 0 Å². The number of imidazole rings is 1. The van der Waals surface area contributed by atoms with Crippen molar-refractivity contribution in [2.75, 3.05) is 18.0 Å². The summed E-state index contributed by atoms with van der Waals surface area (Å²) in [4.78, 5) is 8.28. The van der Waals surface area contributed by atoms with Gasteiger partial charge in [-0.05, 0) is 25.2 Å². The summed E-state index contributed by atoms with van der Waals surface area (Å²) >= 11 is 7.82. The summed E-state index contributed by atoms with van der Waals surface area (Å²) in [6, 6.07) is 0. The summed E-state index contributed by atoms with van der Waals surface area (Å²) in [5.74, 6) is 2.52. The molecule has 0 amide bonds. The van der Waals surface area contributed by atoms with Crippen molar-refractivity contribution in [1.82, 2.24) is 9.38 Å². The number of anilines is 1. The zero-order chi connectivity index (χ0) is 13.2. The van der Waals surface area contributed by atoms with Crippen LogP contribution < -0.4 is 4.90 Å². The lowest BCUT2D eigenvalue weighted by Gasteiger charge is -2.21. The van der Waals surface area contributed by atoms with Crippen LogP contribution in [0.15, 0.2) is 11.6 Å². The minimum Gasteiger partial charge on any atom is -0.355 e. The Labute approximate surface area is 123 Å². The topological polar surface area (TPSA) is 20.5 Å². The van der Waals surface area contributed by atoms with Gasteiger partial charge in [0, 0.05) is 24.7 Å². The Morgan fingerprint density at radius 2 is 2.32 bits per heavy atom. The first-order chi connectivity index (χ1) is 9.33. The molecule has 5 heteroatoms. The van der Waals surface area contributed by atoms with Gasteiger partial charge in [0.2, 0.25) is 0 Å². The molecule has 3 rings (SSSR count). The zero-order valence-corrected chi connectivity index (χ0v) is 12.9. The van der Waals surface area contributed by atoms with Gasteiger partial charge >= 0.3 is 0 Å². The first-order valence-electron chi connectivity index (χ1n) is 7.08. The van der Waals surface area contributed by atoms with Crippen LogP contribution >= 0.6 is 22.9 Å². The number of aromatic nitrogens is 2. The van der Waals surface area contributed by atoms with Crippen LogP contribution in [0, 0.1) is 5.92 Å². The number of thiazole rings is 1. The Morgan fingerprint density at radius 3 is 3.11 bits per heavy atom. The summed E-state index contributed by atoms with van der Waals surface area (Å²) in [5, 5.41) is 2.07. The molecule has 104 valence electrons. The molecule has 0 spiro atoms. The average Bonchev–Trinajstić information content (AvgIpc) is 2.91. The molecule has 0 radical (unpaired) electrons. The summed E-state index contributed by atoms with van der Waals surface area (Å²) in [6.45, 7) is 4.54. The number of nitrogens with zero attached hydrogens (tertiary/aromatic N) is 3. The average molecular weight is 298 g/mol. The van der Waals surface area contributed by atoms with E-state index in [1.54, 1.807) is 11.3 Å². The predicted molar refractivity (Wildman–Crippen MR) is 82.5 cm³/mol. The van der Waals surface area contributed by atoms with E-state index in [2.05, 4.69) is 27.8 Å². The Balaban J connectivity index is 1.88. The van der Waals surface area contributed by atoms with Gasteiger partial charge in [0.1, 0.15) is 0 Å². The molecule has 1 aliphatic rings. The van der Waals surface area contributed by atoms with E-state index < -0.39 is 0 Å². The molecule has 0 bridgehead atoms. The molecular weight excluding hydrogens is 278 g/mol. The van der Waals surface area contributed by atoms with Crippen molar-refractivity contribution in [2.24, 2.45) is 5.92 Å². The van der Waals surface area contributed by atoms with Crippen LogP contribution in [0.1, 0.15) is 38.3 Å². The van der Waals surface area contributed by atoms with Gasteiger partial charge in [0.05, 0.1) is 11.6 Å². The molecule has 2 aromatic heterocycles. The first-order valence-corrected chi connectivity index (χ1v) is 8.50. The fourth-order valence-electron chi connectivity index (χ4n) is 2.98. The zero-order valence-electron chi connectivity index (χ0n) is 11.3. The number of hydrogen-bond acceptors (Lipinski definition) is 3. The second-order valence-corrected chi connectivity index (χ2v) is 6.40. The lowest BCUT2D eigenvalue weighted by atomic mass is 9.98. The van der Waals surface area contributed by atoms with Crippen LogP contribution in [0.2, 0.25) is 0 Å². The molecule has 1 atom stereocenters. The first kappa shape index (κ1) is 13.3. The van der Waals surface area contributed by atoms with E-state index >= 15 is 0 Å². The standard InChI is InChI=1S/C14H20ClN3S/c1-2-11-4-3-6-17(7-5-11)13-12(10-15)18-8-9-19-14(18)16-13/h8-9,11H,2-7,10H2,1H3. The van der Waals surface area contributed by atoms with E-state index in [9.17, 15) is 0 Å². The third-order valence-electron chi connectivity index (χ3n) is 4.19. The SMILES string of the molecule is CCC1CCCN(c2nc3sccn3c2CCl)CC1. The summed E-state index contributed by atoms with van der Waals surface area (Å²) in [5.41, 5.74) is 1.15. The number of fused-ring (bicyclic) bond motifs is 1. The second kappa shape index (κ2) is 5.71. The van der Waals surface area contributed by atoms with Crippen LogP contribution in [-0.2, 0) is 5.88 Å². The van der Waals surface area contributed by atoms with E-state index in [1.807, 2.05) is 0 Å². The summed E-state index contributed by atoms with van der Waals surface area (Å²) in [6.07, 6.45) is 7.27. The number of hydrogen-bond donors (Lipinski definition) is 0. The highest BCUT2D eigenvalue weighted by Gasteiger charge is 2.21. The van der Waals surface area contributed by atoms with Crippen LogP contribution in [0.3, 0.4) is 0 Å². The minimum absolute atomic E-state index is 0.529. The summed E-state index contributed by atoms with van der Waals surface area (Å²) in [7, 11) is 0. The molecule has 0 aromatic carbocycles. The smallest absolute Gasteiger partial charge is 0.195 e. The van der Waals surface area contributed by atoms with Crippen molar-refractivity contribution in [1.29, 1.82) is 0 Å². The van der Waals surface area contributed by atoms with E-state index in [0.29, 0.717) is 5.88 Å². The van der Waals surface area contributed by atoms with Crippen LogP contribution in [0.5, 0.6) is 0 Å². The van der Waals surface area contributed by atoms with Gasteiger partial charge in [-0.1, -0.05) is 13.3 Å². The largest absolute Gasteiger partial charge is 0.355 e. The monoisotopic (exact) mass is 297 g/mol. The van der Waals surface area contributed by atoms with E-state index in [1.165, 1.54) is 25.7 Å². The van der Waals surface area contributed by atoms with E-state index in [0.717, 1.165) is 35.5 Å². The molecule has 0 N–H and O–H groups in total. The molecule has 3 heterocycles. The normalized spacial score (nSPS) is 20.9. The highest BCUT2D eigenvalue weighted by molar-refractivity contribution is 7.15. The fourth-order valence-corrected chi connectivity index (χ4v) is 3.96. The maximum atomic E-state index is 6.14. The third-order valence-corrected chi connectivity index (χ3v) is 5.20. The predicted octanol–water partition coefficient (Wildman–Crippen LogP) is 4.15. The molecule has 3 nitrogen and oxygen atoms in total. The fraction of sp³-hybridized carbons (Fsp3) is 0.643. The van der Waals surface area contributed by atoms with Gasteiger partial charge in [-0.15, -0.1) is 22.9 Å². The number of rotatable bonds is 3. The van der Waals surface area contributed by atoms with Crippen LogP contribution in [-0.4, -0.2) is 22.5 Å². The quantitative estimate of drug-likeness (QED) is 0.793. The van der Waals surface area contributed by atoms with Crippen molar-refractivity contribution in [3.05, 3.63) is 17.3 Å². The van der Waals surface area contributed by atoms with Crippen molar-refractivity contribution >= 4 is 33.7 Å². The van der Waals surface area contributed by atoms with Crippen molar-refractivity contribution in [2.45, 2.75) is 38.5 Å². The molecule has 1 aliphatic heterocycles. The van der Waals surface area contributed by atoms with Gasteiger partial charge in [0.25, 0.3) is 0 Å². The van der Waals surface area contributed by atoms with E-state index in [4.69, 9.17) is 16.6 Å². The van der Waals surface area contributed by atoms with Crippen molar-refractivity contribution in [3.8, 4) is 0 Å². The van der Waals surface area contributed by atoms with Crippen molar-refractivity contribution < 1.29 is 0 Å². The van der Waals surface area contributed by atoms with Gasteiger partial charge in [-0.3, -0.25) is 4.40 Å². The van der Waals surface area contributed by atoms with Gasteiger partial charge in [0.15, 0.2) is 10.8 Å². The van der Waals surface area contributed by atoms with Crippen LogP contribution in [0.4, 0.5) is 5.82 Å². The molecule has 1 fully saturated rings. The molecule has 2 aromatic rings. The molecule has 0 saturated carbocycles. The maximum absolute atomic E-state index is 6.14. The molecule has 0 aliphatic carbocycles. The Bertz CT molecular complexity index is 548. The molecule has 1 unspecified atom stereocenters. The number of halogens is 1. The highest BCUT2D eigenvalue weighted by Crippen LogP contribution is 2.29. The van der Waals surface area contributed by atoms with Gasteiger partial charge in [-0.25, -0.2) is 4.98 Å². The Hall–Kier alpha value is -0.740. The second-order valence-electron chi connectivity index (χ2n) is 5.26. The maximum Gasteiger partial charge on any atom is 0.195 e. The van der Waals surface area contributed by atoms with Gasteiger partial charge in [-0.2, -0.15) is 0 Å². The Kier molecular flexibility index (Phi) is 3.99. The number of alkyl halides is 1. The third kappa shape index (κ3) is 2.48. The minimum atomic E-state index is 0.529. The highest BCUT2D eigenvalue weighted by atomic mass is 35.5. The lowest BCUT2D eigenvalue weighted by Crippen LogP contribution is -2.25. The van der Waals surface area contributed by atoms with Crippen LogP contribution in [0.25, 0.3) is 4.96 Å². The lowest BCUT2D eigenvalue weighted by molar-refractivity contribution is 0.459.